The Balaban J connectivity index is 0.000000947. The molecule has 2 N–H and O–H groups in total. The lowest BCUT2D eigenvalue weighted by Crippen LogP contribution is -2.51. The van der Waals surface area contributed by atoms with Crippen LogP contribution in [0.25, 0.3) is 0 Å². The van der Waals surface area contributed by atoms with Crippen molar-refractivity contribution in [2.75, 3.05) is 21.1 Å². The molecule has 0 bridgehead atoms. The van der Waals surface area contributed by atoms with Crippen molar-refractivity contribution in [3.8, 4) is 0 Å². The lowest BCUT2D eigenvalue weighted by molar-refractivity contribution is -0.0563. The van der Waals surface area contributed by atoms with Crippen LogP contribution < -0.4 is 0 Å². The van der Waals surface area contributed by atoms with Gasteiger partial charge in [-0.3, -0.25) is 4.55 Å². The Morgan fingerprint density at radius 2 is 1.74 bits per heavy atom. The van der Waals surface area contributed by atoms with E-state index in [4.69, 9.17) is 8.74 Å². The number of hydrogen-bond acceptors (Lipinski definition) is 5. The number of rotatable bonds is 7. The Morgan fingerprint density at radius 3 is 2.32 bits per heavy atom. The highest BCUT2D eigenvalue weighted by Crippen LogP contribution is 2.67. The second kappa shape index (κ2) is 12.6. The van der Waals surface area contributed by atoms with Crippen LogP contribution in [0.15, 0.2) is 11.6 Å². The van der Waals surface area contributed by atoms with E-state index in [0.29, 0.717) is 30.1 Å². The van der Waals surface area contributed by atoms with Gasteiger partial charge in [0.2, 0.25) is 0 Å². The molecular formula is C31H59NO5S. The first kappa shape index (κ1) is 33.7. The molecule has 0 heterocycles. The van der Waals surface area contributed by atoms with E-state index in [1.54, 1.807) is 0 Å². The fourth-order valence-corrected chi connectivity index (χ4v) is 9.42. The largest absolute Gasteiger partial charge is 0.397 e. The van der Waals surface area contributed by atoms with Crippen LogP contribution >= 0.6 is 0 Å². The van der Waals surface area contributed by atoms with Crippen molar-refractivity contribution < 1.29 is 22.3 Å². The molecule has 0 unspecified atom stereocenters. The maximum absolute atomic E-state index is 11.2. The molecular weight excluding hydrogens is 498 g/mol. The zero-order chi connectivity index (χ0) is 27.8. The maximum Gasteiger partial charge on any atom is 0.397 e. The summed E-state index contributed by atoms with van der Waals surface area (Å²) in [6.45, 7) is 11.3. The Bertz CT molecular complexity index is 907. The molecule has 4 aliphatic carbocycles. The normalized spacial score (nSPS) is 37.6. The third-order valence-electron chi connectivity index (χ3n) is 10.5. The van der Waals surface area contributed by atoms with Crippen LogP contribution in [0.3, 0.4) is 0 Å². The molecule has 0 aromatic carbocycles. The molecule has 6 nitrogen and oxygen atoms in total. The first-order valence-electron chi connectivity index (χ1n) is 14.6. The van der Waals surface area contributed by atoms with Crippen molar-refractivity contribution in [2.45, 2.75) is 124 Å². The van der Waals surface area contributed by atoms with Crippen LogP contribution in [0, 0.1) is 40.4 Å². The third kappa shape index (κ3) is 7.84. The van der Waals surface area contributed by atoms with Gasteiger partial charge in [-0.05, 0) is 133 Å². The van der Waals surface area contributed by atoms with Crippen molar-refractivity contribution in [3.63, 3.8) is 0 Å². The fraction of sp³-hybridized carbons (Fsp3) is 0.935. The van der Waals surface area contributed by atoms with Crippen LogP contribution in [-0.2, 0) is 14.6 Å². The lowest BCUT2D eigenvalue weighted by atomic mass is 9.47. The summed E-state index contributed by atoms with van der Waals surface area (Å²) in [5, 5.41) is 10.1. The summed E-state index contributed by atoms with van der Waals surface area (Å²) in [5.74, 6) is 3.66. The van der Waals surface area contributed by atoms with E-state index in [9.17, 15) is 13.5 Å². The highest BCUT2D eigenvalue weighted by Gasteiger charge is 2.59. The zero-order valence-electron chi connectivity index (χ0n) is 24.8. The summed E-state index contributed by atoms with van der Waals surface area (Å²) >= 11 is 0. The van der Waals surface area contributed by atoms with Gasteiger partial charge in [0.15, 0.2) is 0 Å². The minimum absolute atomic E-state index is 0. The van der Waals surface area contributed by atoms with E-state index in [1.807, 2.05) is 39.9 Å². The molecule has 0 aromatic heterocycles. The van der Waals surface area contributed by atoms with Crippen molar-refractivity contribution in [3.05, 3.63) is 11.6 Å². The molecule has 7 heteroatoms. The maximum atomic E-state index is 11.2. The van der Waals surface area contributed by atoms with Gasteiger partial charge in [0.05, 0.1) is 11.7 Å². The van der Waals surface area contributed by atoms with Crippen molar-refractivity contribution >= 4 is 10.4 Å². The van der Waals surface area contributed by atoms with Gasteiger partial charge in [-0.2, -0.15) is 8.42 Å². The molecule has 0 saturated heterocycles. The number of hydrogen-bond donors (Lipinski definition) is 2. The zero-order valence-corrected chi connectivity index (χ0v) is 25.6. The quantitative estimate of drug-likeness (QED) is 0.255. The molecule has 3 fully saturated rings. The average Bonchev–Trinajstić information content (AvgIpc) is 3.09. The van der Waals surface area contributed by atoms with Gasteiger partial charge in [0.1, 0.15) is 0 Å². The van der Waals surface area contributed by atoms with Crippen LogP contribution in [-0.4, -0.2) is 55.8 Å². The molecule has 0 aromatic rings. The van der Waals surface area contributed by atoms with Crippen LogP contribution in [0.1, 0.15) is 113 Å². The minimum Gasteiger partial charge on any atom is -0.390 e. The van der Waals surface area contributed by atoms with Gasteiger partial charge >= 0.3 is 10.4 Å². The number of allylic oxidation sites excluding steroid dienone is 1. The summed E-state index contributed by atoms with van der Waals surface area (Å²) in [6, 6.07) is 0. The van der Waals surface area contributed by atoms with Gasteiger partial charge in [-0.25, -0.2) is 4.18 Å². The summed E-state index contributed by atoms with van der Waals surface area (Å²) < 4.78 is 36.5. The Labute approximate surface area is 234 Å². The fourth-order valence-electron chi connectivity index (χ4n) is 8.91. The predicted octanol–water partition coefficient (Wildman–Crippen LogP) is 7.14. The summed E-state index contributed by atoms with van der Waals surface area (Å²) in [5.41, 5.74) is 1.36. The first-order valence-corrected chi connectivity index (χ1v) is 16.0. The Kier molecular flexibility index (Phi) is 11.2. The highest BCUT2D eigenvalue weighted by atomic mass is 32.3. The number of nitrogens with zero attached hydrogens (tertiary/aromatic N) is 1. The van der Waals surface area contributed by atoms with Crippen LogP contribution in [0.4, 0.5) is 0 Å². The molecule has 3 saturated carbocycles. The van der Waals surface area contributed by atoms with E-state index >= 15 is 0 Å². The topological polar surface area (TPSA) is 87.1 Å². The van der Waals surface area contributed by atoms with E-state index in [-0.39, 0.29) is 12.8 Å². The third-order valence-corrected chi connectivity index (χ3v) is 11.0. The molecule has 224 valence electrons. The van der Waals surface area contributed by atoms with Crippen LogP contribution in [0.2, 0.25) is 0 Å². The Morgan fingerprint density at radius 1 is 1.11 bits per heavy atom. The number of aliphatic hydroxyl groups is 1. The summed E-state index contributed by atoms with van der Waals surface area (Å²) in [7, 11) is 1.60. The standard InChI is InChI=1S/C27H46O5S.C3H9N.CH4/c1-18(7-6-14-25(2,3)28)22-10-11-23-21-9-8-19-17-20(32-33(29,30)31)12-15-26(19,4)24(21)13-16-27(22,23)5;1-4(2)3;/h8,18,20-24,28H,6-7,9-17H2,1-5H3,(H,29,30,31);1-3H3;1H4/t18-,20+,21+,22-,23+,24+,26+,27-;;/m1../s1. The van der Waals surface area contributed by atoms with Gasteiger partial charge in [0.25, 0.3) is 0 Å². The van der Waals surface area contributed by atoms with Gasteiger partial charge < -0.3 is 10.0 Å². The second-order valence-corrected chi connectivity index (χ2v) is 15.4. The molecule has 0 spiro atoms. The van der Waals surface area contributed by atoms with E-state index in [2.05, 4.69) is 26.8 Å². The average molecular weight is 558 g/mol. The van der Waals surface area contributed by atoms with E-state index in [1.165, 1.54) is 37.7 Å². The van der Waals surface area contributed by atoms with Crippen LogP contribution in [0.5, 0.6) is 0 Å². The van der Waals surface area contributed by atoms with Crippen molar-refractivity contribution in [1.82, 2.24) is 4.90 Å². The SMILES string of the molecule is C.CN(C)C.C[C@H](CCCC(C)(C)O)[C@H]1CC[C@H]2[C@@H]3CC=C4C[C@@H](OS(=O)(=O)O)CC[C@]4(C)[C@H]3CC[C@]12C. The summed E-state index contributed by atoms with van der Waals surface area (Å²) in [4.78, 5) is 2.00. The second-order valence-electron chi connectivity index (χ2n) is 14.4. The molecule has 0 aliphatic heterocycles. The molecule has 4 aliphatic rings. The molecule has 38 heavy (non-hydrogen) atoms. The van der Waals surface area contributed by atoms with Gasteiger partial charge in [0, 0.05) is 0 Å². The molecule has 4 rings (SSSR count). The smallest absolute Gasteiger partial charge is 0.390 e. The molecule has 0 radical (unpaired) electrons. The van der Waals surface area contributed by atoms with E-state index < -0.39 is 22.1 Å². The molecule has 8 atom stereocenters. The van der Waals surface area contributed by atoms with E-state index in [0.717, 1.165) is 43.4 Å². The first-order chi connectivity index (χ1) is 17.0. The van der Waals surface area contributed by atoms with Gasteiger partial charge in [-0.15, -0.1) is 0 Å². The molecule has 0 amide bonds. The summed E-state index contributed by atoms with van der Waals surface area (Å²) in [6.07, 6.45) is 13.8. The predicted molar refractivity (Wildman–Crippen MR) is 157 cm³/mol. The minimum atomic E-state index is -4.40. The Hall–Kier alpha value is -0.470. The van der Waals surface area contributed by atoms with Crippen molar-refractivity contribution in [2.24, 2.45) is 40.4 Å². The number of fused-ring (bicyclic) bond motifs is 5. The highest BCUT2D eigenvalue weighted by molar-refractivity contribution is 7.80. The van der Waals surface area contributed by atoms with Crippen molar-refractivity contribution in [1.29, 1.82) is 0 Å². The monoisotopic (exact) mass is 557 g/mol. The lowest BCUT2D eigenvalue weighted by Gasteiger charge is -2.58. The van der Waals surface area contributed by atoms with Gasteiger partial charge in [-0.1, -0.05) is 52.7 Å².